The zero-order valence-corrected chi connectivity index (χ0v) is 37.9. The Morgan fingerprint density at radius 1 is 0.427 bits per heavy atom. The van der Waals surface area contributed by atoms with Crippen LogP contribution in [0.4, 0.5) is 65.9 Å². The van der Waals surface area contributed by atoms with Crippen LogP contribution in [0.2, 0.25) is 0 Å². The summed E-state index contributed by atoms with van der Waals surface area (Å²) >= 11 is 0. The molecule has 0 radical (unpaired) electrons. The Morgan fingerprint density at radius 2 is 0.947 bits per heavy atom. The van der Waals surface area contributed by atoms with Crippen molar-refractivity contribution >= 4 is 44.9 Å². The Kier molecular flexibility index (Phi) is 12.2. The standard InChI is InChI=1S/C56H31F15N4/c57-52(58,59)35-15-11-30(12-16-35)39-24-19-38(29-44(39)51-73-49(31-7-3-1-4-8-31)72-50(74-51)32-9-5-2-6-10-32)75-47-25-33(40-22-17-36(53(60,61)62)27-45(40)55(66,67)68)13-20-42(47)43-21-14-34(26-48(43)75)41-23-18-37(54(63,64)65)28-46(41)56(69,70)71/h1-11,13-29H,12H2,(H,72,73,74). The van der Waals surface area contributed by atoms with Crippen LogP contribution in [-0.4, -0.2) is 22.4 Å². The third kappa shape index (κ3) is 9.81. The SMILES string of the molecule is FC(F)(F)C1=CCC(=c2ccc(-n3c4cc(-c5ccc(C(F)(F)F)cc5C(F)(F)F)ccc4c4ccc(-c5ccc(C(F)(F)F)cc5C(F)(F)F)cc43)cc2=C2N=C(c3ccccc3)N=C(c3ccccc3)N2)C=C1. The number of allylic oxidation sites excluding steroid dienone is 4. The van der Waals surface area contributed by atoms with E-state index >= 15 is 0 Å². The third-order valence-electron chi connectivity index (χ3n) is 12.6. The minimum Gasteiger partial charge on any atom is -0.324 e. The van der Waals surface area contributed by atoms with Crippen molar-refractivity contribution in [3.8, 4) is 27.9 Å². The predicted molar refractivity (Wildman–Crippen MR) is 255 cm³/mol. The zero-order chi connectivity index (χ0) is 53.4. The number of hydrogen-bond acceptors (Lipinski definition) is 3. The molecule has 2 aliphatic rings. The van der Waals surface area contributed by atoms with Crippen LogP contribution in [0.1, 0.15) is 39.8 Å². The number of nitrogens with zero attached hydrogens (tertiary/aromatic N) is 3. The Labute approximate surface area is 414 Å². The van der Waals surface area contributed by atoms with Crippen LogP contribution in [0.5, 0.6) is 0 Å². The number of aliphatic imine (C=N–C) groups is 2. The highest BCUT2D eigenvalue weighted by Gasteiger charge is 2.40. The van der Waals surface area contributed by atoms with Crippen molar-refractivity contribution in [1.29, 1.82) is 0 Å². The first-order valence-electron chi connectivity index (χ1n) is 22.4. The average molecular weight is 1040 g/mol. The molecule has 7 aromatic carbocycles. The van der Waals surface area contributed by atoms with E-state index in [1.54, 1.807) is 60.7 Å². The molecule has 8 aromatic rings. The lowest BCUT2D eigenvalue weighted by atomic mass is 9.95. The molecule has 2 heterocycles. The molecule has 1 N–H and O–H groups in total. The fourth-order valence-corrected chi connectivity index (χ4v) is 9.13. The second kappa shape index (κ2) is 18.2. The van der Waals surface area contributed by atoms with Crippen LogP contribution >= 0.6 is 0 Å². The molecular formula is C56H31F15N4. The molecule has 19 heteroatoms. The van der Waals surface area contributed by atoms with E-state index in [-0.39, 0.29) is 74.0 Å². The van der Waals surface area contributed by atoms with Crippen molar-refractivity contribution in [1.82, 2.24) is 9.88 Å². The van der Waals surface area contributed by atoms with Crippen molar-refractivity contribution < 1.29 is 65.9 Å². The normalized spacial score (nSPS) is 16.2. The molecule has 4 nitrogen and oxygen atoms in total. The first kappa shape index (κ1) is 50.2. The Hall–Kier alpha value is -8.35. The molecule has 0 atom stereocenters. The Bertz CT molecular complexity index is 3720. The molecule has 0 spiro atoms. The quantitative estimate of drug-likeness (QED) is 0.172. The molecule has 10 rings (SSSR count). The number of halogens is 15. The van der Waals surface area contributed by atoms with Gasteiger partial charge >= 0.3 is 30.9 Å². The minimum absolute atomic E-state index is 0.0233. The molecule has 380 valence electrons. The van der Waals surface area contributed by atoms with E-state index in [0.717, 1.165) is 12.2 Å². The average Bonchev–Trinajstić information content (AvgIpc) is 3.72. The highest BCUT2D eigenvalue weighted by Crippen LogP contribution is 2.45. The lowest BCUT2D eigenvalue weighted by Crippen LogP contribution is -2.38. The Balaban J connectivity index is 1.30. The first-order valence-corrected chi connectivity index (χ1v) is 22.4. The van der Waals surface area contributed by atoms with Gasteiger partial charge in [0.25, 0.3) is 0 Å². The van der Waals surface area contributed by atoms with Gasteiger partial charge in [-0.2, -0.15) is 65.9 Å². The summed E-state index contributed by atoms with van der Waals surface area (Å²) in [6.45, 7) is 0. The summed E-state index contributed by atoms with van der Waals surface area (Å²) in [5.41, 5.74) is -7.29. The van der Waals surface area contributed by atoms with Crippen molar-refractivity contribution in [3.63, 3.8) is 0 Å². The van der Waals surface area contributed by atoms with Crippen molar-refractivity contribution in [2.75, 3.05) is 0 Å². The monoisotopic (exact) mass is 1040 g/mol. The topological polar surface area (TPSA) is 41.7 Å². The number of hydrogen-bond donors (Lipinski definition) is 1. The van der Waals surface area contributed by atoms with Crippen LogP contribution in [0, 0.1) is 0 Å². The van der Waals surface area contributed by atoms with Crippen LogP contribution in [0.25, 0.3) is 61.1 Å². The van der Waals surface area contributed by atoms with Gasteiger partial charge in [-0.3, -0.25) is 0 Å². The van der Waals surface area contributed by atoms with E-state index in [4.69, 9.17) is 9.98 Å². The van der Waals surface area contributed by atoms with Gasteiger partial charge in [-0.1, -0.05) is 121 Å². The van der Waals surface area contributed by atoms with Gasteiger partial charge in [-0.15, -0.1) is 0 Å². The van der Waals surface area contributed by atoms with Gasteiger partial charge in [0.05, 0.1) is 38.9 Å². The Morgan fingerprint density at radius 3 is 1.41 bits per heavy atom. The number of aromatic nitrogens is 1. The van der Waals surface area contributed by atoms with Crippen molar-refractivity contribution in [3.05, 3.63) is 219 Å². The summed E-state index contributed by atoms with van der Waals surface area (Å²) in [4.78, 5) is 9.68. The number of benzene rings is 7. The summed E-state index contributed by atoms with van der Waals surface area (Å²) in [5, 5.41) is 4.34. The second-order valence-electron chi connectivity index (χ2n) is 17.4. The summed E-state index contributed by atoms with van der Waals surface area (Å²) in [5.74, 6) is 0.593. The largest absolute Gasteiger partial charge is 0.417 e. The van der Waals surface area contributed by atoms with Crippen LogP contribution in [0.15, 0.2) is 185 Å². The fourth-order valence-electron chi connectivity index (χ4n) is 9.13. The van der Waals surface area contributed by atoms with Crippen LogP contribution in [0.3, 0.4) is 0 Å². The zero-order valence-electron chi connectivity index (χ0n) is 37.9. The molecule has 1 aromatic heterocycles. The molecule has 0 fully saturated rings. The fraction of sp³-hybridized carbons (Fsp3) is 0.107. The van der Waals surface area contributed by atoms with E-state index in [9.17, 15) is 65.9 Å². The maximum Gasteiger partial charge on any atom is 0.417 e. The summed E-state index contributed by atoms with van der Waals surface area (Å²) < 4.78 is 214. The summed E-state index contributed by atoms with van der Waals surface area (Å²) in [6.07, 6.45) is -22.6. The third-order valence-corrected chi connectivity index (χ3v) is 12.6. The van der Waals surface area contributed by atoms with Gasteiger partial charge in [0, 0.05) is 32.8 Å². The molecule has 0 unspecified atom stereocenters. The number of amidine groups is 2. The number of fused-ring (bicyclic) bond motifs is 3. The van der Waals surface area contributed by atoms with Crippen molar-refractivity contribution in [2.24, 2.45) is 9.98 Å². The van der Waals surface area contributed by atoms with Crippen LogP contribution in [-0.2, 0) is 24.7 Å². The van der Waals surface area contributed by atoms with Gasteiger partial charge in [-0.25, -0.2) is 9.98 Å². The second-order valence-corrected chi connectivity index (χ2v) is 17.4. The molecule has 75 heavy (non-hydrogen) atoms. The smallest absolute Gasteiger partial charge is 0.324 e. The molecule has 0 amide bonds. The number of rotatable bonds is 5. The number of nitrogens with one attached hydrogen (secondary N) is 1. The molecule has 0 saturated heterocycles. The van der Waals surface area contributed by atoms with Gasteiger partial charge < -0.3 is 9.88 Å². The highest BCUT2D eigenvalue weighted by atomic mass is 19.4. The van der Waals surface area contributed by atoms with E-state index in [0.29, 0.717) is 52.0 Å². The lowest BCUT2D eigenvalue weighted by Gasteiger charge is -2.19. The van der Waals surface area contributed by atoms with E-state index < -0.39 is 69.8 Å². The molecular weight excluding hydrogens is 1010 g/mol. The first-order chi connectivity index (χ1) is 35.3. The molecule has 0 saturated carbocycles. The van der Waals surface area contributed by atoms with Crippen molar-refractivity contribution in [2.45, 2.75) is 37.3 Å². The van der Waals surface area contributed by atoms with E-state index in [1.807, 2.05) is 0 Å². The summed E-state index contributed by atoms with van der Waals surface area (Å²) in [7, 11) is 0. The lowest BCUT2D eigenvalue weighted by molar-refractivity contribution is -0.144. The minimum atomic E-state index is -5.30. The molecule has 0 bridgehead atoms. The predicted octanol–water partition coefficient (Wildman–Crippen LogP) is 15.4. The van der Waals surface area contributed by atoms with Gasteiger partial charge in [0.2, 0.25) is 0 Å². The molecule has 1 aliphatic heterocycles. The van der Waals surface area contributed by atoms with Gasteiger partial charge in [0.15, 0.2) is 5.84 Å². The molecule has 1 aliphatic carbocycles. The van der Waals surface area contributed by atoms with Crippen LogP contribution < -0.4 is 15.8 Å². The van der Waals surface area contributed by atoms with E-state index in [2.05, 4.69) is 5.32 Å². The maximum absolute atomic E-state index is 14.7. The van der Waals surface area contributed by atoms with Gasteiger partial charge in [-0.05, 0) is 88.0 Å². The van der Waals surface area contributed by atoms with Gasteiger partial charge in [0.1, 0.15) is 11.7 Å². The van der Waals surface area contributed by atoms with E-state index in [1.165, 1.54) is 65.2 Å². The highest BCUT2D eigenvalue weighted by molar-refractivity contribution is 6.16. The maximum atomic E-state index is 14.7. The number of alkyl halides is 15. The summed E-state index contributed by atoms with van der Waals surface area (Å²) in [6, 6.07) is 32.0.